The number of alkyl halides is 3. The highest BCUT2D eigenvalue weighted by molar-refractivity contribution is 6.02. The Morgan fingerprint density at radius 3 is 2.74 bits per heavy atom. The van der Waals surface area contributed by atoms with Crippen LogP contribution in [0.5, 0.6) is 0 Å². The number of aryl methyl sites for hydroxylation is 2. The topological polar surface area (TPSA) is 70.2 Å². The van der Waals surface area contributed by atoms with Gasteiger partial charge in [0, 0.05) is 47.5 Å². The Balaban J connectivity index is 1.43. The second-order valence-electron chi connectivity index (χ2n) is 7.68. The third-order valence-electron chi connectivity index (χ3n) is 5.37. The first-order chi connectivity index (χ1) is 14.7. The van der Waals surface area contributed by atoms with Gasteiger partial charge in [0.05, 0.1) is 11.3 Å². The number of hydrogen-bond acceptors (Lipinski definition) is 4. The molecule has 2 aromatic heterocycles. The molecule has 1 aliphatic rings. The van der Waals surface area contributed by atoms with Gasteiger partial charge in [0.2, 0.25) is 0 Å². The summed E-state index contributed by atoms with van der Waals surface area (Å²) in [6.45, 7) is 4.35. The molecule has 0 spiro atoms. The summed E-state index contributed by atoms with van der Waals surface area (Å²) in [5, 5.41) is 7.63. The van der Waals surface area contributed by atoms with Crippen LogP contribution in [0.15, 0.2) is 42.6 Å². The molecule has 1 aliphatic heterocycles. The van der Waals surface area contributed by atoms with Crippen LogP contribution in [0.3, 0.4) is 0 Å². The summed E-state index contributed by atoms with van der Waals surface area (Å²) in [6, 6.07) is 8.99. The van der Waals surface area contributed by atoms with Crippen LogP contribution < -0.4 is 15.5 Å². The molecule has 0 bridgehead atoms. The van der Waals surface area contributed by atoms with Gasteiger partial charge in [0.15, 0.2) is 0 Å². The molecule has 1 saturated heterocycles. The van der Waals surface area contributed by atoms with E-state index in [1.807, 2.05) is 31.2 Å². The quantitative estimate of drug-likeness (QED) is 0.635. The maximum Gasteiger partial charge on any atom is 0.416 e. The van der Waals surface area contributed by atoms with E-state index in [2.05, 4.69) is 20.6 Å². The standard InChI is InChI=1S/C22H22F3N5O/c1-13-10-15(22(23,24)25)11-20(27-13)30-9-7-16(12-30)28-21(31)29-19-5-3-4-17-14(2)26-8-6-18(17)19/h3-6,8,10-11,16H,7,9,12H2,1-2H3,(H2,28,29,31). The van der Waals surface area contributed by atoms with E-state index >= 15 is 0 Å². The van der Waals surface area contributed by atoms with Gasteiger partial charge in [0.1, 0.15) is 5.82 Å². The van der Waals surface area contributed by atoms with Gasteiger partial charge in [-0.2, -0.15) is 13.2 Å². The minimum Gasteiger partial charge on any atom is -0.354 e. The summed E-state index contributed by atoms with van der Waals surface area (Å²) >= 11 is 0. The number of pyridine rings is 2. The number of anilines is 2. The molecule has 1 fully saturated rings. The molecule has 4 rings (SSSR count). The number of rotatable bonds is 3. The Kier molecular flexibility index (Phi) is 5.43. The Labute approximate surface area is 177 Å². The highest BCUT2D eigenvalue weighted by Gasteiger charge is 2.33. The second kappa shape index (κ2) is 8.05. The molecular formula is C22H22F3N5O. The third-order valence-corrected chi connectivity index (χ3v) is 5.37. The van der Waals surface area contributed by atoms with Crippen LogP contribution >= 0.6 is 0 Å². The zero-order valence-corrected chi connectivity index (χ0v) is 17.1. The molecule has 0 aliphatic carbocycles. The van der Waals surface area contributed by atoms with Crippen molar-refractivity contribution in [3.63, 3.8) is 0 Å². The van der Waals surface area contributed by atoms with Crippen LogP contribution in [0.2, 0.25) is 0 Å². The van der Waals surface area contributed by atoms with Crippen LogP contribution in [0, 0.1) is 13.8 Å². The van der Waals surface area contributed by atoms with Crippen molar-refractivity contribution in [2.24, 2.45) is 0 Å². The van der Waals surface area contributed by atoms with Gasteiger partial charge in [-0.1, -0.05) is 12.1 Å². The molecule has 3 aromatic rings. The molecule has 2 amide bonds. The van der Waals surface area contributed by atoms with Gasteiger partial charge in [-0.15, -0.1) is 0 Å². The van der Waals surface area contributed by atoms with Crippen molar-refractivity contribution < 1.29 is 18.0 Å². The molecule has 6 nitrogen and oxygen atoms in total. The van der Waals surface area contributed by atoms with Gasteiger partial charge < -0.3 is 15.5 Å². The fourth-order valence-electron chi connectivity index (χ4n) is 3.87. The Bertz CT molecular complexity index is 1130. The summed E-state index contributed by atoms with van der Waals surface area (Å²) < 4.78 is 39.3. The van der Waals surface area contributed by atoms with Crippen LogP contribution in [0.1, 0.15) is 23.4 Å². The summed E-state index contributed by atoms with van der Waals surface area (Å²) in [5.41, 5.74) is 1.13. The molecule has 0 saturated carbocycles. The van der Waals surface area contributed by atoms with Crippen LogP contribution in [0.4, 0.5) is 29.5 Å². The zero-order chi connectivity index (χ0) is 22.2. The van der Waals surface area contributed by atoms with Gasteiger partial charge >= 0.3 is 12.2 Å². The number of aromatic nitrogens is 2. The number of urea groups is 1. The lowest BCUT2D eigenvalue weighted by atomic mass is 10.1. The average Bonchev–Trinajstić information content (AvgIpc) is 3.16. The summed E-state index contributed by atoms with van der Waals surface area (Å²) in [7, 11) is 0. The van der Waals surface area contributed by atoms with Crippen molar-refractivity contribution in [1.82, 2.24) is 15.3 Å². The lowest BCUT2D eigenvalue weighted by Gasteiger charge is -2.20. The predicted octanol–water partition coefficient (Wildman–Crippen LogP) is 4.67. The molecule has 1 unspecified atom stereocenters. The molecule has 1 atom stereocenters. The van der Waals surface area contributed by atoms with E-state index in [9.17, 15) is 18.0 Å². The number of halogens is 3. The summed E-state index contributed by atoms with van der Waals surface area (Å²) in [4.78, 5) is 22.8. The van der Waals surface area contributed by atoms with Crippen molar-refractivity contribution in [3.05, 3.63) is 59.5 Å². The third kappa shape index (κ3) is 4.55. The number of benzene rings is 1. The van der Waals surface area contributed by atoms with E-state index in [1.54, 1.807) is 18.0 Å². The maximum atomic E-state index is 13.1. The van der Waals surface area contributed by atoms with Gasteiger partial charge in [0.25, 0.3) is 0 Å². The monoisotopic (exact) mass is 429 g/mol. The van der Waals surface area contributed by atoms with Crippen molar-refractivity contribution in [3.8, 4) is 0 Å². The maximum absolute atomic E-state index is 13.1. The first-order valence-corrected chi connectivity index (χ1v) is 9.93. The van der Waals surface area contributed by atoms with Crippen molar-refractivity contribution in [2.45, 2.75) is 32.5 Å². The molecule has 162 valence electrons. The smallest absolute Gasteiger partial charge is 0.354 e. The summed E-state index contributed by atoms with van der Waals surface area (Å²) in [5.74, 6) is 0.272. The Morgan fingerprint density at radius 2 is 1.97 bits per heavy atom. The van der Waals surface area contributed by atoms with E-state index in [4.69, 9.17) is 0 Å². The largest absolute Gasteiger partial charge is 0.416 e. The molecule has 0 radical (unpaired) electrons. The SMILES string of the molecule is Cc1cc(C(F)(F)F)cc(N2CCC(NC(=O)Nc3cccc4c(C)nccc34)C2)n1. The van der Waals surface area contributed by atoms with Crippen molar-refractivity contribution in [1.29, 1.82) is 0 Å². The fraction of sp³-hybridized carbons (Fsp3) is 0.318. The number of nitrogens with one attached hydrogen (secondary N) is 2. The molecule has 3 heterocycles. The van der Waals surface area contributed by atoms with Crippen LogP contribution in [-0.4, -0.2) is 35.1 Å². The highest BCUT2D eigenvalue weighted by Crippen LogP contribution is 2.32. The first-order valence-electron chi connectivity index (χ1n) is 9.93. The van der Waals surface area contributed by atoms with Gasteiger partial charge in [-0.05, 0) is 44.5 Å². The normalized spacial score (nSPS) is 16.5. The summed E-state index contributed by atoms with van der Waals surface area (Å²) in [6.07, 6.45) is -2.12. The highest BCUT2D eigenvalue weighted by atomic mass is 19.4. The number of carbonyl (C=O) groups excluding carboxylic acids is 1. The number of amides is 2. The van der Waals surface area contributed by atoms with Gasteiger partial charge in [-0.25, -0.2) is 9.78 Å². The number of carbonyl (C=O) groups is 1. The molecule has 31 heavy (non-hydrogen) atoms. The number of nitrogens with zero attached hydrogens (tertiary/aromatic N) is 3. The minimum absolute atomic E-state index is 0.199. The number of hydrogen-bond donors (Lipinski definition) is 2. The van der Waals surface area contributed by atoms with E-state index in [1.165, 1.54) is 0 Å². The van der Waals surface area contributed by atoms with Crippen LogP contribution in [0.25, 0.3) is 10.8 Å². The van der Waals surface area contributed by atoms with Crippen LogP contribution in [-0.2, 0) is 6.18 Å². The number of fused-ring (bicyclic) bond motifs is 1. The van der Waals surface area contributed by atoms with Gasteiger partial charge in [-0.3, -0.25) is 4.98 Å². The fourth-order valence-corrected chi connectivity index (χ4v) is 3.87. The van der Waals surface area contributed by atoms with E-state index in [0.29, 0.717) is 30.9 Å². The Hall–Kier alpha value is -3.36. The minimum atomic E-state index is -4.42. The average molecular weight is 429 g/mol. The second-order valence-corrected chi connectivity index (χ2v) is 7.68. The molecule has 2 N–H and O–H groups in total. The molecular weight excluding hydrogens is 407 g/mol. The van der Waals surface area contributed by atoms with E-state index in [0.717, 1.165) is 28.6 Å². The lowest BCUT2D eigenvalue weighted by molar-refractivity contribution is -0.137. The molecule has 9 heteroatoms. The van der Waals surface area contributed by atoms with Crippen molar-refractivity contribution >= 4 is 28.3 Å². The van der Waals surface area contributed by atoms with E-state index < -0.39 is 11.7 Å². The predicted molar refractivity (Wildman–Crippen MR) is 113 cm³/mol. The zero-order valence-electron chi connectivity index (χ0n) is 17.1. The Morgan fingerprint density at radius 1 is 1.16 bits per heavy atom. The molecule has 1 aromatic carbocycles. The van der Waals surface area contributed by atoms with Crippen molar-refractivity contribution in [2.75, 3.05) is 23.3 Å². The van der Waals surface area contributed by atoms with E-state index in [-0.39, 0.29) is 17.9 Å². The lowest BCUT2D eigenvalue weighted by Crippen LogP contribution is -2.39. The first kappa shape index (κ1) is 20.9.